The number of carbonyl (C=O) groups is 1. The van der Waals surface area contributed by atoms with Crippen molar-refractivity contribution in [2.75, 3.05) is 30.3 Å². The molecule has 2 rings (SSSR count). The van der Waals surface area contributed by atoms with Crippen LogP contribution in [0, 0.1) is 6.92 Å². The van der Waals surface area contributed by atoms with Crippen LogP contribution in [0.1, 0.15) is 25.8 Å². The van der Waals surface area contributed by atoms with E-state index >= 15 is 0 Å². The number of benzene rings is 2. The van der Waals surface area contributed by atoms with Gasteiger partial charge in [0.05, 0.1) is 24.6 Å². The molecule has 0 aliphatic heterocycles. The van der Waals surface area contributed by atoms with Gasteiger partial charge in [-0.15, -0.1) is 0 Å². The number of sulfonamides is 1. The van der Waals surface area contributed by atoms with Crippen LogP contribution in [0.3, 0.4) is 0 Å². The summed E-state index contributed by atoms with van der Waals surface area (Å²) in [6.45, 7) is 6.34. The van der Waals surface area contributed by atoms with Crippen molar-refractivity contribution in [1.29, 1.82) is 0 Å². The van der Waals surface area contributed by atoms with Gasteiger partial charge in [-0.05, 0) is 56.7 Å². The molecule has 0 saturated heterocycles. The predicted molar refractivity (Wildman–Crippen MR) is 119 cm³/mol. The summed E-state index contributed by atoms with van der Waals surface area (Å²) in [5.41, 5.74) is 1.54. The van der Waals surface area contributed by atoms with E-state index in [1.807, 2.05) is 38.1 Å². The molecule has 164 valence electrons. The first-order valence-electron chi connectivity index (χ1n) is 9.88. The minimum atomic E-state index is -3.64. The van der Waals surface area contributed by atoms with Gasteiger partial charge in [-0.2, -0.15) is 0 Å². The smallest absolute Gasteiger partial charge is 0.241 e. The molecule has 0 fully saturated rings. The highest BCUT2D eigenvalue weighted by Crippen LogP contribution is 2.21. The SMILES string of the molecule is CCCOc1ccc(N(CC(=O)N[C@@H](C)COc2ccc(C)cc2)S(C)(=O)=O)cc1. The first-order chi connectivity index (χ1) is 14.2. The van der Waals surface area contributed by atoms with Gasteiger partial charge in [0.15, 0.2) is 0 Å². The van der Waals surface area contributed by atoms with Gasteiger partial charge < -0.3 is 14.8 Å². The minimum Gasteiger partial charge on any atom is -0.494 e. The van der Waals surface area contributed by atoms with Crippen LogP contribution >= 0.6 is 0 Å². The molecule has 30 heavy (non-hydrogen) atoms. The van der Waals surface area contributed by atoms with Crippen LogP contribution in [-0.4, -0.2) is 46.4 Å². The van der Waals surface area contributed by atoms with Crippen molar-refractivity contribution in [3.05, 3.63) is 54.1 Å². The lowest BCUT2D eigenvalue weighted by molar-refractivity contribution is -0.120. The average Bonchev–Trinajstić information content (AvgIpc) is 2.70. The fraction of sp³-hybridized carbons (Fsp3) is 0.409. The highest BCUT2D eigenvalue weighted by atomic mass is 32.2. The van der Waals surface area contributed by atoms with Crippen LogP contribution in [-0.2, 0) is 14.8 Å². The van der Waals surface area contributed by atoms with Gasteiger partial charge in [-0.3, -0.25) is 9.10 Å². The van der Waals surface area contributed by atoms with Gasteiger partial charge in [-0.25, -0.2) is 8.42 Å². The van der Waals surface area contributed by atoms with Crippen molar-refractivity contribution < 1.29 is 22.7 Å². The maximum absolute atomic E-state index is 12.5. The molecule has 0 bridgehead atoms. The molecule has 2 aromatic carbocycles. The van der Waals surface area contributed by atoms with Crippen LogP contribution in [0.25, 0.3) is 0 Å². The standard InChI is InChI=1S/C22H30N2O5S/c1-5-14-28-20-12-8-19(9-13-20)24(30(4,26)27)15-22(25)23-18(3)16-29-21-10-6-17(2)7-11-21/h6-13,18H,5,14-16H2,1-4H3,(H,23,25)/t18-/m0/s1. The second-order valence-corrected chi connectivity index (χ2v) is 9.11. The molecule has 0 saturated carbocycles. The predicted octanol–water partition coefficient (Wildman–Crippen LogP) is 3.13. The Bertz CT molecular complexity index is 912. The zero-order valence-electron chi connectivity index (χ0n) is 17.9. The Labute approximate surface area is 179 Å². The van der Waals surface area contributed by atoms with E-state index in [-0.39, 0.29) is 19.2 Å². The van der Waals surface area contributed by atoms with E-state index in [1.165, 1.54) is 0 Å². The molecule has 1 amide bonds. The Balaban J connectivity index is 1.95. The van der Waals surface area contributed by atoms with Crippen molar-refractivity contribution in [2.24, 2.45) is 0 Å². The maximum Gasteiger partial charge on any atom is 0.241 e. The van der Waals surface area contributed by atoms with Crippen LogP contribution in [0.2, 0.25) is 0 Å². The maximum atomic E-state index is 12.5. The first kappa shape index (κ1) is 23.5. The normalized spacial score (nSPS) is 12.1. The third-order valence-corrected chi connectivity index (χ3v) is 5.35. The molecule has 2 aromatic rings. The van der Waals surface area contributed by atoms with Gasteiger partial charge in [0.1, 0.15) is 24.7 Å². The third kappa shape index (κ3) is 7.59. The van der Waals surface area contributed by atoms with Crippen molar-refractivity contribution in [3.63, 3.8) is 0 Å². The molecule has 7 nitrogen and oxygen atoms in total. The van der Waals surface area contributed by atoms with Crippen molar-refractivity contribution in [1.82, 2.24) is 5.32 Å². The molecule has 0 aromatic heterocycles. The molecule has 1 N–H and O–H groups in total. The molecule has 0 unspecified atom stereocenters. The number of rotatable bonds is 11. The zero-order valence-corrected chi connectivity index (χ0v) is 18.7. The summed E-state index contributed by atoms with van der Waals surface area (Å²) in [6.07, 6.45) is 1.95. The number of hydrogen-bond acceptors (Lipinski definition) is 5. The Morgan fingerprint density at radius 1 is 1.03 bits per heavy atom. The summed E-state index contributed by atoms with van der Waals surface area (Å²) in [6, 6.07) is 14.0. The lowest BCUT2D eigenvalue weighted by Crippen LogP contribution is -2.44. The molecule has 0 spiro atoms. The summed E-state index contributed by atoms with van der Waals surface area (Å²) >= 11 is 0. The van der Waals surface area contributed by atoms with E-state index in [0.717, 1.165) is 22.5 Å². The molecule has 1 atom stereocenters. The molecule has 0 aliphatic rings. The van der Waals surface area contributed by atoms with E-state index in [9.17, 15) is 13.2 Å². The molecular formula is C22H30N2O5S. The van der Waals surface area contributed by atoms with Crippen LogP contribution in [0.15, 0.2) is 48.5 Å². The van der Waals surface area contributed by atoms with E-state index in [0.29, 0.717) is 23.8 Å². The lowest BCUT2D eigenvalue weighted by atomic mass is 10.2. The average molecular weight is 435 g/mol. The summed E-state index contributed by atoms with van der Waals surface area (Å²) in [5, 5.41) is 2.78. The molecular weight excluding hydrogens is 404 g/mol. The van der Waals surface area contributed by atoms with Gasteiger partial charge in [0.25, 0.3) is 0 Å². The number of amides is 1. The van der Waals surface area contributed by atoms with Gasteiger partial charge >= 0.3 is 0 Å². The van der Waals surface area contributed by atoms with Gasteiger partial charge in [0, 0.05) is 0 Å². The van der Waals surface area contributed by atoms with E-state index in [4.69, 9.17) is 9.47 Å². The van der Waals surface area contributed by atoms with Gasteiger partial charge in [-0.1, -0.05) is 24.6 Å². The Kier molecular flexibility index (Phi) is 8.53. The summed E-state index contributed by atoms with van der Waals surface area (Å²) < 4.78 is 36.7. The topological polar surface area (TPSA) is 84.9 Å². The fourth-order valence-corrected chi connectivity index (χ4v) is 3.53. The van der Waals surface area contributed by atoms with Gasteiger partial charge in [0.2, 0.25) is 15.9 Å². The van der Waals surface area contributed by atoms with Crippen molar-refractivity contribution in [2.45, 2.75) is 33.2 Å². The van der Waals surface area contributed by atoms with Crippen LogP contribution < -0.4 is 19.1 Å². The highest BCUT2D eigenvalue weighted by molar-refractivity contribution is 7.92. The summed E-state index contributed by atoms with van der Waals surface area (Å²) in [4.78, 5) is 12.5. The Hall–Kier alpha value is -2.74. The summed E-state index contributed by atoms with van der Waals surface area (Å²) in [7, 11) is -3.64. The first-order valence-corrected chi connectivity index (χ1v) is 11.7. The fourth-order valence-electron chi connectivity index (χ4n) is 2.68. The molecule has 0 radical (unpaired) electrons. The highest BCUT2D eigenvalue weighted by Gasteiger charge is 2.21. The Morgan fingerprint density at radius 2 is 1.60 bits per heavy atom. The largest absolute Gasteiger partial charge is 0.494 e. The van der Waals surface area contributed by atoms with E-state index < -0.39 is 15.9 Å². The van der Waals surface area contributed by atoms with E-state index in [2.05, 4.69) is 5.32 Å². The van der Waals surface area contributed by atoms with Crippen LogP contribution in [0.4, 0.5) is 5.69 Å². The monoisotopic (exact) mass is 434 g/mol. The number of carbonyl (C=O) groups excluding carboxylic acids is 1. The van der Waals surface area contributed by atoms with Crippen molar-refractivity contribution in [3.8, 4) is 11.5 Å². The number of ether oxygens (including phenoxy) is 2. The third-order valence-electron chi connectivity index (χ3n) is 4.21. The van der Waals surface area contributed by atoms with E-state index in [1.54, 1.807) is 31.2 Å². The molecule has 0 aliphatic carbocycles. The number of anilines is 1. The number of aryl methyl sites for hydroxylation is 1. The summed E-state index contributed by atoms with van der Waals surface area (Å²) in [5.74, 6) is 0.956. The lowest BCUT2D eigenvalue weighted by Gasteiger charge is -2.23. The molecule has 8 heteroatoms. The second kappa shape index (κ2) is 10.9. The van der Waals surface area contributed by atoms with Crippen molar-refractivity contribution >= 4 is 21.6 Å². The zero-order chi connectivity index (χ0) is 22.1. The quantitative estimate of drug-likeness (QED) is 0.587. The number of nitrogens with zero attached hydrogens (tertiary/aromatic N) is 1. The number of hydrogen-bond donors (Lipinski definition) is 1. The number of nitrogens with one attached hydrogen (secondary N) is 1. The van der Waals surface area contributed by atoms with Crippen LogP contribution in [0.5, 0.6) is 11.5 Å². The minimum absolute atomic E-state index is 0.275. The Morgan fingerprint density at radius 3 is 2.17 bits per heavy atom. The second-order valence-electron chi connectivity index (χ2n) is 7.20. The molecule has 0 heterocycles.